The van der Waals surface area contributed by atoms with Crippen molar-refractivity contribution in [1.82, 2.24) is 9.80 Å². The molecule has 0 saturated carbocycles. The van der Waals surface area contributed by atoms with Gasteiger partial charge in [-0.3, -0.25) is 9.69 Å². The van der Waals surface area contributed by atoms with Crippen LogP contribution in [0.2, 0.25) is 5.02 Å². The second-order valence-electron chi connectivity index (χ2n) is 7.74. The molecule has 2 aliphatic heterocycles. The average molecular weight is 494 g/mol. The fourth-order valence-corrected chi connectivity index (χ4v) is 4.89. The maximum Gasteiger partial charge on any atom is 0.262 e. The number of carbonyl (C=O) groups is 1. The largest absolute Gasteiger partial charge is 0.331 e. The van der Waals surface area contributed by atoms with E-state index in [1.54, 1.807) is 12.1 Å². The Morgan fingerprint density at radius 3 is 2.50 bits per heavy atom. The minimum absolute atomic E-state index is 0.0492. The molecule has 8 heteroatoms. The van der Waals surface area contributed by atoms with Crippen molar-refractivity contribution in [2.45, 2.75) is 31.5 Å². The summed E-state index contributed by atoms with van der Waals surface area (Å²) in [6.07, 6.45) is 5.12. The Labute approximate surface area is 187 Å². The van der Waals surface area contributed by atoms with Crippen LogP contribution < -0.4 is 5.18 Å². The molecule has 2 atom stereocenters. The van der Waals surface area contributed by atoms with Crippen molar-refractivity contribution < 1.29 is 14.4 Å². The monoisotopic (exact) mass is 492 g/mol. The number of carbonyl (C=O) groups excluding carboxylic acids is 1. The number of fused-ring (bicyclic) bond motifs is 2. The first-order valence-electron chi connectivity index (χ1n) is 9.79. The van der Waals surface area contributed by atoms with Gasteiger partial charge in [0, 0.05) is 58.4 Å². The second-order valence-corrected chi connectivity index (χ2v) is 9.00. The molecule has 2 fully saturated rings. The number of hydrogen-bond donors (Lipinski definition) is 1. The zero-order chi connectivity index (χ0) is 21.3. The Hall–Kier alpha value is -2.09. The summed E-state index contributed by atoms with van der Waals surface area (Å²) < 4.78 is 13.8. The standard InChI is InChI=1S/C22H20BrClFN3O2/c23-19-9-15(21(26-30)10-20(19)24)3-8-22(29)28-17-6-7-18(28)13-27(12-17)11-14-1-4-16(25)5-2-14/h1-5,8-10,17-18H,6-7,11-13H2/p+1/b8-3+. The van der Waals surface area contributed by atoms with Gasteiger partial charge in [-0.2, -0.15) is 0 Å². The van der Waals surface area contributed by atoms with Crippen LogP contribution in [0.1, 0.15) is 24.0 Å². The molecule has 156 valence electrons. The number of nitroso groups, excluding NO2 is 1. The van der Waals surface area contributed by atoms with Gasteiger partial charge in [0.15, 0.2) is 0 Å². The van der Waals surface area contributed by atoms with Gasteiger partial charge in [0.05, 0.1) is 10.6 Å². The number of piperazine rings is 1. The van der Waals surface area contributed by atoms with E-state index < -0.39 is 0 Å². The van der Waals surface area contributed by atoms with Crippen molar-refractivity contribution >= 4 is 45.2 Å². The van der Waals surface area contributed by atoms with E-state index in [-0.39, 0.29) is 23.8 Å². The minimum atomic E-state index is -0.232. The molecular weight excluding hydrogens is 473 g/mol. The van der Waals surface area contributed by atoms with E-state index in [1.807, 2.05) is 22.2 Å². The lowest BCUT2D eigenvalue weighted by molar-refractivity contribution is -0.379. The number of halogens is 3. The number of benzene rings is 2. The molecule has 1 amide bonds. The van der Waals surface area contributed by atoms with Gasteiger partial charge in [-0.05, 0) is 58.6 Å². The smallest absolute Gasteiger partial charge is 0.262 e. The number of hydrogen-bond acceptors (Lipinski definition) is 3. The van der Waals surface area contributed by atoms with E-state index in [9.17, 15) is 14.1 Å². The SMILES string of the molecule is O=[NH+]c1cc(Cl)c(Br)cc1/C=C/C(=O)N1C2CCC1CN(Cc1ccc(F)cc1)C2. The zero-order valence-corrected chi connectivity index (χ0v) is 18.5. The number of amides is 1. The van der Waals surface area contributed by atoms with E-state index in [0.29, 0.717) is 20.7 Å². The van der Waals surface area contributed by atoms with Crippen LogP contribution in [-0.2, 0) is 11.3 Å². The Bertz CT molecular complexity index is 985. The molecule has 30 heavy (non-hydrogen) atoms. The molecule has 1 N–H and O–H groups in total. The summed E-state index contributed by atoms with van der Waals surface area (Å²) in [5, 5.41) is 2.29. The lowest BCUT2D eigenvalue weighted by Gasteiger charge is -2.40. The van der Waals surface area contributed by atoms with E-state index >= 15 is 0 Å². The third-order valence-corrected chi connectivity index (χ3v) is 6.94. The molecular formula is C22H21BrClFN3O2+. The normalized spacial score (nSPS) is 21.4. The van der Waals surface area contributed by atoms with Crippen LogP contribution in [0.15, 0.2) is 46.9 Å². The Kier molecular flexibility index (Phi) is 6.32. The Balaban J connectivity index is 1.44. The zero-order valence-electron chi connectivity index (χ0n) is 16.2. The topological polar surface area (TPSA) is 54.6 Å². The summed E-state index contributed by atoms with van der Waals surface area (Å²) in [5.41, 5.74) is 1.98. The molecule has 2 aliphatic rings. The fourth-order valence-electron chi connectivity index (χ4n) is 4.36. The summed E-state index contributed by atoms with van der Waals surface area (Å²) in [6.45, 7) is 2.35. The van der Waals surface area contributed by atoms with E-state index in [1.165, 1.54) is 24.3 Å². The van der Waals surface area contributed by atoms with Gasteiger partial charge < -0.3 is 4.90 Å². The summed E-state index contributed by atoms with van der Waals surface area (Å²) in [4.78, 5) is 28.4. The summed E-state index contributed by atoms with van der Waals surface area (Å²) in [5.74, 6) is -0.282. The van der Waals surface area contributed by atoms with Crippen LogP contribution in [0, 0.1) is 10.7 Å². The van der Waals surface area contributed by atoms with Crippen molar-refractivity contribution in [3.63, 3.8) is 0 Å². The molecule has 0 radical (unpaired) electrons. The predicted octanol–water partition coefficient (Wildman–Crippen LogP) is 3.61. The lowest BCUT2D eigenvalue weighted by atomic mass is 10.1. The van der Waals surface area contributed by atoms with Crippen LogP contribution in [0.3, 0.4) is 0 Å². The fraction of sp³-hybridized carbons (Fsp3) is 0.318. The summed E-state index contributed by atoms with van der Waals surface area (Å²) in [7, 11) is 0. The van der Waals surface area contributed by atoms with Crippen LogP contribution >= 0.6 is 27.5 Å². The van der Waals surface area contributed by atoms with Crippen molar-refractivity contribution in [3.8, 4) is 0 Å². The van der Waals surface area contributed by atoms with Crippen LogP contribution in [0.25, 0.3) is 6.08 Å². The number of nitrogens with one attached hydrogen (secondary N) is 1. The third kappa shape index (κ3) is 4.48. The van der Waals surface area contributed by atoms with Crippen LogP contribution in [0.4, 0.5) is 10.1 Å². The van der Waals surface area contributed by atoms with Gasteiger partial charge in [0.2, 0.25) is 5.91 Å². The van der Waals surface area contributed by atoms with Gasteiger partial charge in [-0.1, -0.05) is 23.7 Å². The highest BCUT2D eigenvalue weighted by molar-refractivity contribution is 9.10. The van der Waals surface area contributed by atoms with E-state index in [0.717, 1.165) is 38.0 Å². The average Bonchev–Trinajstić information content (AvgIpc) is 3.00. The predicted molar refractivity (Wildman–Crippen MR) is 118 cm³/mol. The van der Waals surface area contributed by atoms with Crippen molar-refractivity contribution in [2.75, 3.05) is 13.1 Å². The number of likely N-dealkylation sites (tertiary alicyclic amines) is 1. The van der Waals surface area contributed by atoms with Gasteiger partial charge >= 0.3 is 0 Å². The summed E-state index contributed by atoms with van der Waals surface area (Å²) in [6, 6.07) is 10.1. The molecule has 0 spiro atoms. The lowest BCUT2D eigenvalue weighted by Crippen LogP contribution is -2.56. The number of rotatable bonds is 5. The maximum absolute atomic E-state index is 13.1. The van der Waals surface area contributed by atoms with Gasteiger partial charge in [-0.15, -0.1) is 0 Å². The van der Waals surface area contributed by atoms with Crippen molar-refractivity contribution in [3.05, 3.63) is 73.8 Å². The molecule has 2 heterocycles. The molecule has 2 aromatic rings. The quantitative estimate of drug-likeness (QED) is 0.648. The van der Waals surface area contributed by atoms with Gasteiger partial charge in [0.25, 0.3) is 5.69 Å². The molecule has 0 aromatic heterocycles. The summed E-state index contributed by atoms with van der Waals surface area (Å²) >= 11 is 9.37. The Morgan fingerprint density at radius 1 is 1.20 bits per heavy atom. The van der Waals surface area contributed by atoms with Crippen LogP contribution in [-0.4, -0.2) is 40.9 Å². The van der Waals surface area contributed by atoms with Crippen molar-refractivity contribution in [2.24, 2.45) is 0 Å². The highest BCUT2D eigenvalue weighted by Crippen LogP contribution is 2.32. The Morgan fingerprint density at radius 2 is 1.87 bits per heavy atom. The first-order valence-corrected chi connectivity index (χ1v) is 11.0. The number of nitrogens with zero attached hydrogens (tertiary/aromatic N) is 2. The third-order valence-electron chi connectivity index (χ3n) is 5.74. The first-order chi connectivity index (χ1) is 14.4. The molecule has 2 unspecified atom stereocenters. The first kappa shape index (κ1) is 21.2. The highest BCUT2D eigenvalue weighted by atomic mass is 79.9. The van der Waals surface area contributed by atoms with Crippen LogP contribution in [0.5, 0.6) is 0 Å². The minimum Gasteiger partial charge on any atom is -0.331 e. The molecule has 2 bridgehead atoms. The van der Waals surface area contributed by atoms with E-state index in [2.05, 4.69) is 20.8 Å². The van der Waals surface area contributed by atoms with Crippen molar-refractivity contribution in [1.29, 1.82) is 0 Å². The molecule has 0 aliphatic carbocycles. The molecule has 5 nitrogen and oxygen atoms in total. The maximum atomic E-state index is 13.1. The highest BCUT2D eigenvalue weighted by Gasteiger charge is 2.41. The van der Waals surface area contributed by atoms with Gasteiger partial charge in [0.1, 0.15) is 5.82 Å². The van der Waals surface area contributed by atoms with Gasteiger partial charge in [-0.25, -0.2) is 4.39 Å². The molecule has 2 aromatic carbocycles. The molecule has 4 rings (SSSR count). The second kappa shape index (κ2) is 8.96. The molecule has 2 saturated heterocycles. The van der Waals surface area contributed by atoms with E-state index in [4.69, 9.17) is 11.6 Å².